The molecule has 0 aliphatic heterocycles. The SMILES string of the molecule is COC(=O)CC1(CSCc2cccnc2NN)CC1. The average molecular weight is 281 g/mol. The molecule has 1 aliphatic carbocycles. The molecule has 0 unspecified atom stereocenters. The maximum Gasteiger partial charge on any atom is 0.306 e. The largest absolute Gasteiger partial charge is 0.469 e. The lowest BCUT2D eigenvalue weighted by Gasteiger charge is -2.13. The zero-order valence-electron chi connectivity index (χ0n) is 11.0. The Balaban J connectivity index is 1.82. The van der Waals surface area contributed by atoms with Crippen molar-refractivity contribution < 1.29 is 9.53 Å². The van der Waals surface area contributed by atoms with Crippen LogP contribution >= 0.6 is 11.8 Å². The second kappa shape index (κ2) is 6.25. The fraction of sp³-hybridized carbons (Fsp3) is 0.538. The van der Waals surface area contributed by atoms with Gasteiger partial charge in [0.2, 0.25) is 0 Å². The fourth-order valence-electron chi connectivity index (χ4n) is 1.99. The quantitative estimate of drug-likeness (QED) is 0.452. The Bertz CT molecular complexity index is 449. The third-order valence-corrected chi connectivity index (χ3v) is 4.73. The molecular weight excluding hydrogens is 262 g/mol. The van der Waals surface area contributed by atoms with Crippen LogP contribution in [0.4, 0.5) is 5.82 Å². The summed E-state index contributed by atoms with van der Waals surface area (Å²) in [6.07, 6.45) is 4.48. The van der Waals surface area contributed by atoms with E-state index in [1.807, 2.05) is 23.9 Å². The normalized spacial score (nSPS) is 15.9. The Hall–Kier alpha value is -1.27. The molecule has 1 fully saturated rings. The molecule has 0 aromatic carbocycles. The number of nitrogen functional groups attached to an aromatic ring is 1. The Morgan fingerprint density at radius 2 is 2.42 bits per heavy atom. The van der Waals surface area contributed by atoms with Crippen LogP contribution < -0.4 is 11.3 Å². The van der Waals surface area contributed by atoms with Crippen LogP contribution in [0.2, 0.25) is 0 Å². The molecule has 19 heavy (non-hydrogen) atoms. The Morgan fingerprint density at radius 1 is 1.63 bits per heavy atom. The van der Waals surface area contributed by atoms with Crippen LogP contribution in [0.5, 0.6) is 0 Å². The van der Waals surface area contributed by atoms with Crippen molar-refractivity contribution in [3.05, 3.63) is 23.9 Å². The van der Waals surface area contributed by atoms with Gasteiger partial charge >= 0.3 is 5.97 Å². The van der Waals surface area contributed by atoms with Crippen molar-refractivity contribution in [3.8, 4) is 0 Å². The van der Waals surface area contributed by atoms with Crippen molar-refractivity contribution in [2.45, 2.75) is 25.0 Å². The number of rotatable bonds is 7. The van der Waals surface area contributed by atoms with Crippen LogP contribution in [0.1, 0.15) is 24.8 Å². The van der Waals surface area contributed by atoms with E-state index >= 15 is 0 Å². The Morgan fingerprint density at radius 3 is 3.05 bits per heavy atom. The summed E-state index contributed by atoms with van der Waals surface area (Å²) in [7, 11) is 1.44. The summed E-state index contributed by atoms with van der Waals surface area (Å²) < 4.78 is 4.74. The van der Waals surface area contributed by atoms with E-state index in [-0.39, 0.29) is 11.4 Å². The summed E-state index contributed by atoms with van der Waals surface area (Å²) in [6.45, 7) is 0. The predicted octanol–water partition coefficient (Wildman–Crippen LogP) is 1.94. The van der Waals surface area contributed by atoms with Crippen molar-refractivity contribution in [2.24, 2.45) is 11.3 Å². The van der Waals surface area contributed by atoms with E-state index in [9.17, 15) is 4.79 Å². The van der Waals surface area contributed by atoms with Gasteiger partial charge in [0, 0.05) is 17.5 Å². The highest BCUT2D eigenvalue weighted by Crippen LogP contribution is 2.51. The molecule has 2 rings (SSSR count). The van der Waals surface area contributed by atoms with Crippen LogP contribution in [0.3, 0.4) is 0 Å². The van der Waals surface area contributed by atoms with Gasteiger partial charge in [0.1, 0.15) is 5.82 Å². The first-order valence-corrected chi connectivity index (χ1v) is 7.40. The van der Waals surface area contributed by atoms with E-state index in [1.54, 1.807) is 6.20 Å². The van der Waals surface area contributed by atoms with Gasteiger partial charge in [0.05, 0.1) is 13.5 Å². The van der Waals surface area contributed by atoms with Gasteiger partial charge < -0.3 is 10.2 Å². The number of nitrogens with one attached hydrogen (secondary N) is 1. The summed E-state index contributed by atoms with van der Waals surface area (Å²) >= 11 is 1.81. The van der Waals surface area contributed by atoms with Crippen LogP contribution in [0.25, 0.3) is 0 Å². The van der Waals surface area contributed by atoms with Gasteiger partial charge in [-0.2, -0.15) is 11.8 Å². The highest BCUT2D eigenvalue weighted by atomic mass is 32.2. The summed E-state index contributed by atoms with van der Waals surface area (Å²) in [4.78, 5) is 15.5. The monoisotopic (exact) mass is 281 g/mol. The van der Waals surface area contributed by atoms with Crippen molar-refractivity contribution >= 4 is 23.5 Å². The van der Waals surface area contributed by atoms with Crippen LogP contribution in [0, 0.1) is 5.41 Å². The summed E-state index contributed by atoms with van der Waals surface area (Å²) in [5.41, 5.74) is 3.85. The van der Waals surface area contributed by atoms with Crippen LogP contribution in [0.15, 0.2) is 18.3 Å². The molecule has 1 aliphatic rings. The van der Waals surface area contributed by atoms with Crippen molar-refractivity contribution in [1.29, 1.82) is 0 Å². The predicted molar refractivity (Wildman–Crippen MR) is 76.5 cm³/mol. The molecule has 5 nitrogen and oxygen atoms in total. The molecule has 104 valence electrons. The number of carbonyl (C=O) groups excluding carboxylic acids is 1. The van der Waals surface area contributed by atoms with Crippen LogP contribution in [-0.2, 0) is 15.3 Å². The summed E-state index contributed by atoms with van der Waals surface area (Å²) in [5.74, 6) is 7.85. The number of carbonyl (C=O) groups is 1. The number of methoxy groups -OCH3 is 1. The molecule has 6 heteroatoms. The lowest BCUT2D eigenvalue weighted by Crippen LogP contribution is -2.13. The smallest absolute Gasteiger partial charge is 0.306 e. The van der Waals surface area contributed by atoms with Gasteiger partial charge in [0.25, 0.3) is 0 Å². The standard InChI is InChI=1S/C13H19N3O2S/c1-18-11(17)7-13(4-5-13)9-19-8-10-3-2-6-15-12(10)16-14/h2-3,6H,4-5,7-9,14H2,1H3,(H,15,16). The Kier molecular flexibility index (Phi) is 4.66. The highest BCUT2D eigenvalue weighted by Gasteiger charge is 2.44. The number of hydrogen-bond donors (Lipinski definition) is 2. The van der Waals surface area contributed by atoms with E-state index in [0.717, 1.165) is 29.9 Å². The van der Waals surface area contributed by atoms with Gasteiger partial charge in [-0.25, -0.2) is 10.8 Å². The van der Waals surface area contributed by atoms with E-state index in [4.69, 9.17) is 10.6 Å². The van der Waals surface area contributed by atoms with E-state index in [0.29, 0.717) is 12.2 Å². The first-order valence-electron chi connectivity index (χ1n) is 6.24. The number of aromatic nitrogens is 1. The average Bonchev–Trinajstić information content (AvgIpc) is 3.19. The van der Waals surface area contributed by atoms with E-state index < -0.39 is 0 Å². The topological polar surface area (TPSA) is 77.2 Å². The molecule has 0 bridgehead atoms. The fourth-order valence-corrected chi connectivity index (χ4v) is 3.37. The molecule has 1 saturated carbocycles. The summed E-state index contributed by atoms with van der Waals surface area (Å²) in [6, 6.07) is 3.91. The molecule has 1 aromatic rings. The minimum absolute atomic E-state index is 0.108. The van der Waals surface area contributed by atoms with Gasteiger partial charge in [-0.15, -0.1) is 0 Å². The van der Waals surface area contributed by atoms with Gasteiger partial charge in [0.15, 0.2) is 0 Å². The third-order valence-electron chi connectivity index (χ3n) is 3.40. The molecule has 0 amide bonds. The van der Waals surface area contributed by atoms with Crippen molar-refractivity contribution in [3.63, 3.8) is 0 Å². The van der Waals surface area contributed by atoms with Gasteiger partial charge in [-0.05, 0) is 30.1 Å². The lowest BCUT2D eigenvalue weighted by atomic mass is 10.1. The number of hydrogen-bond acceptors (Lipinski definition) is 6. The van der Waals surface area contributed by atoms with Gasteiger partial charge in [-0.3, -0.25) is 4.79 Å². The van der Waals surface area contributed by atoms with Gasteiger partial charge in [-0.1, -0.05) is 6.07 Å². The zero-order valence-corrected chi connectivity index (χ0v) is 11.8. The number of anilines is 1. The first-order chi connectivity index (χ1) is 9.19. The second-order valence-electron chi connectivity index (χ2n) is 4.90. The molecule has 1 aromatic heterocycles. The number of nitrogens with zero attached hydrogens (tertiary/aromatic N) is 1. The molecular formula is C13H19N3O2S. The zero-order chi connectivity index (χ0) is 13.7. The molecule has 0 atom stereocenters. The number of thioether (sulfide) groups is 1. The van der Waals surface area contributed by atoms with Crippen LogP contribution in [-0.4, -0.2) is 23.8 Å². The Labute approximate surface area is 117 Å². The minimum atomic E-state index is -0.108. The number of nitrogens with two attached hydrogens (primary N) is 1. The number of esters is 1. The number of ether oxygens (including phenoxy) is 1. The highest BCUT2D eigenvalue weighted by molar-refractivity contribution is 7.98. The molecule has 3 N–H and O–H groups in total. The van der Waals surface area contributed by atoms with E-state index in [1.165, 1.54) is 7.11 Å². The maximum absolute atomic E-state index is 11.3. The first kappa shape index (κ1) is 14.1. The number of hydrazine groups is 1. The molecule has 0 radical (unpaired) electrons. The molecule has 0 saturated heterocycles. The molecule has 1 heterocycles. The molecule has 0 spiro atoms. The van der Waals surface area contributed by atoms with Crippen molar-refractivity contribution in [2.75, 3.05) is 18.3 Å². The lowest BCUT2D eigenvalue weighted by molar-refractivity contribution is -0.141. The summed E-state index contributed by atoms with van der Waals surface area (Å²) in [5, 5.41) is 0. The van der Waals surface area contributed by atoms with Crippen molar-refractivity contribution in [1.82, 2.24) is 4.98 Å². The van der Waals surface area contributed by atoms with E-state index in [2.05, 4.69) is 10.4 Å². The minimum Gasteiger partial charge on any atom is -0.469 e. The third kappa shape index (κ3) is 3.84. The maximum atomic E-state index is 11.3. The number of pyridine rings is 1. The second-order valence-corrected chi connectivity index (χ2v) is 5.89.